The lowest BCUT2D eigenvalue weighted by atomic mass is 10.0. The maximum atomic E-state index is 12.5. The summed E-state index contributed by atoms with van der Waals surface area (Å²) < 4.78 is 0. The fourth-order valence-electron chi connectivity index (χ4n) is 7.47. The summed E-state index contributed by atoms with van der Waals surface area (Å²) in [5.74, 6) is 0.961. The van der Waals surface area contributed by atoms with Crippen molar-refractivity contribution >= 4 is 34.9 Å². The van der Waals surface area contributed by atoms with Gasteiger partial charge in [-0.05, 0) is 37.1 Å². The molecule has 0 aliphatic carbocycles. The van der Waals surface area contributed by atoms with Gasteiger partial charge in [0, 0.05) is 12.8 Å². The van der Waals surface area contributed by atoms with E-state index in [4.69, 9.17) is 0 Å². The Kier molecular flexibility index (Phi) is 27.7. The van der Waals surface area contributed by atoms with Crippen molar-refractivity contribution in [1.29, 1.82) is 0 Å². The summed E-state index contributed by atoms with van der Waals surface area (Å²) in [6, 6.07) is 7.24. The van der Waals surface area contributed by atoms with Crippen molar-refractivity contribution < 1.29 is 9.59 Å². The number of carbonyl (C=O) groups excluding carboxylic acids is 2. The number of pyridine rings is 2. The van der Waals surface area contributed by atoms with Crippen LogP contribution in [0.15, 0.2) is 46.9 Å². The molecule has 0 unspecified atom stereocenters. The molecule has 0 radical (unpaired) electrons. The van der Waals surface area contributed by atoms with Gasteiger partial charge in [-0.2, -0.15) is 10.2 Å². The Morgan fingerprint density at radius 1 is 0.414 bits per heavy atom. The summed E-state index contributed by atoms with van der Waals surface area (Å²) in [7, 11) is 0. The lowest BCUT2D eigenvalue weighted by molar-refractivity contribution is -0.117. The van der Waals surface area contributed by atoms with Crippen LogP contribution in [0.25, 0.3) is 0 Å². The minimum atomic E-state index is 0.0200. The third-order valence-corrected chi connectivity index (χ3v) is 11.1. The van der Waals surface area contributed by atoms with Crippen molar-refractivity contribution in [3.05, 3.63) is 48.0 Å². The summed E-state index contributed by atoms with van der Waals surface area (Å²) in [6.07, 6.45) is 43.6. The Morgan fingerprint density at radius 2 is 0.690 bits per heavy atom. The van der Waals surface area contributed by atoms with Gasteiger partial charge in [0.1, 0.15) is 11.4 Å². The van der Waals surface area contributed by atoms with Gasteiger partial charge in [0.05, 0.1) is 23.8 Å². The van der Waals surface area contributed by atoms with Crippen LogP contribution in [0.3, 0.4) is 0 Å². The first-order chi connectivity index (χ1) is 28.6. The van der Waals surface area contributed by atoms with Crippen LogP contribution in [0.1, 0.15) is 231 Å². The van der Waals surface area contributed by atoms with Crippen molar-refractivity contribution in [3.63, 3.8) is 0 Å². The third-order valence-electron chi connectivity index (χ3n) is 11.1. The maximum absolute atomic E-state index is 12.5. The number of nitrogens with zero attached hydrogens (tertiary/aromatic N) is 4. The van der Waals surface area contributed by atoms with Crippen LogP contribution in [-0.2, 0) is 9.59 Å². The number of aromatic nitrogens is 2. The first-order valence-electron chi connectivity index (χ1n) is 23.8. The minimum absolute atomic E-state index is 0.0200. The van der Waals surface area contributed by atoms with E-state index in [1.807, 2.05) is 12.1 Å². The first-order valence-corrected chi connectivity index (χ1v) is 23.8. The van der Waals surface area contributed by atoms with Crippen molar-refractivity contribution in [2.24, 2.45) is 10.2 Å². The fourth-order valence-corrected chi connectivity index (χ4v) is 7.47. The molecular formula is C48H80N8O2. The van der Waals surface area contributed by atoms with Crippen LogP contribution in [0.4, 0.5) is 11.4 Å². The van der Waals surface area contributed by atoms with Gasteiger partial charge >= 0.3 is 0 Å². The van der Waals surface area contributed by atoms with Crippen molar-refractivity contribution in [2.45, 2.75) is 219 Å². The van der Waals surface area contributed by atoms with Crippen molar-refractivity contribution in [2.75, 3.05) is 10.6 Å². The number of amides is 2. The lowest BCUT2D eigenvalue weighted by Crippen LogP contribution is -2.35. The van der Waals surface area contributed by atoms with E-state index >= 15 is 0 Å². The van der Waals surface area contributed by atoms with E-state index in [1.165, 1.54) is 167 Å². The van der Waals surface area contributed by atoms with E-state index in [1.54, 1.807) is 24.5 Å². The van der Waals surface area contributed by atoms with Crippen molar-refractivity contribution in [3.8, 4) is 0 Å². The molecular weight excluding hydrogens is 721 g/mol. The summed E-state index contributed by atoms with van der Waals surface area (Å²) in [4.78, 5) is 33.9. The number of hydrogen-bond donors (Lipinski definition) is 4. The number of carbonyl (C=O) groups is 2. The molecule has 3 heterocycles. The van der Waals surface area contributed by atoms with E-state index in [0.717, 1.165) is 25.7 Å². The molecule has 1 aliphatic rings. The van der Waals surface area contributed by atoms with Gasteiger partial charge in [0.25, 0.3) is 0 Å². The summed E-state index contributed by atoms with van der Waals surface area (Å²) >= 11 is 0. The maximum Gasteiger partial charge on any atom is 0.224 e. The Balaban J connectivity index is 1.18. The third kappa shape index (κ3) is 23.6. The number of hydrogen-bond acceptors (Lipinski definition) is 8. The molecule has 0 saturated heterocycles. The van der Waals surface area contributed by atoms with Crippen LogP contribution in [0.5, 0.6) is 0 Å². The van der Waals surface area contributed by atoms with Crippen LogP contribution in [0.2, 0.25) is 0 Å². The predicted octanol–water partition coefficient (Wildman–Crippen LogP) is 13.1. The summed E-state index contributed by atoms with van der Waals surface area (Å²) in [5, 5.41) is 14.7. The molecule has 0 atom stereocenters. The van der Waals surface area contributed by atoms with Gasteiger partial charge in [0.2, 0.25) is 11.8 Å². The molecule has 2 aromatic rings. The van der Waals surface area contributed by atoms with Gasteiger partial charge in [-0.25, -0.2) is 0 Å². The highest BCUT2D eigenvalue weighted by molar-refractivity contribution is 6.04. The summed E-state index contributed by atoms with van der Waals surface area (Å²) in [5.41, 5.74) is 8.39. The predicted molar refractivity (Wildman–Crippen MR) is 244 cm³/mol. The lowest BCUT2D eigenvalue weighted by Gasteiger charge is -2.14. The van der Waals surface area contributed by atoms with Gasteiger partial charge in [0.15, 0.2) is 11.7 Å². The number of hydrazone groups is 2. The standard InChI is InChI=1S/C48H80N8O2/c1-3-5-7-9-11-13-15-17-19-21-23-25-27-29-31-33-45(57)51-41-35-37-43(49-39-41)47-53-55-48(56-54-47)44-38-36-42(40-50-44)52-46(58)34-32-30-28-26-24-22-20-18-16-14-12-10-8-6-4-2/h35-40H,3-34H2,1-2H3,(H,51,57)(H,52,58)(H,53,54)(H,55,56). The number of amidine groups is 2. The molecule has 0 aromatic carbocycles. The molecule has 0 spiro atoms. The van der Waals surface area contributed by atoms with Crippen LogP contribution < -0.4 is 21.5 Å². The average molecular weight is 801 g/mol. The quantitative estimate of drug-likeness (QED) is 0.0507. The highest BCUT2D eigenvalue weighted by Gasteiger charge is 2.14. The number of anilines is 2. The molecule has 3 rings (SSSR count). The smallest absolute Gasteiger partial charge is 0.224 e. The van der Waals surface area contributed by atoms with E-state index in [2.05, 4.69) is 55.5 Å². The zero-order valence-electron chi connectivity index (χ0n) is 36.7. The zero-order chi connectivity index (χ0) is 41.1. The minimum Gasteiger partial charge on any atom is -0.325 e. The number of nitrogens with one attached hydrogen (secondary N) is 4. The molecule has 324 valence electrons. The highest BCUT2D eigenvalue weighted by Crippen LogP contribution is 2.17. The molecule has 10 heteroatoms. The van der Waals surface area contributed by atoms with Crippen LogP contribution in [-0.4, -0.2) is 33.5 Å². The first kappa shape index (κ1) is 48.5. The Morgan fingerprint density at radius 3 is 0.931 bits per heavy atom. The van der Waals surface area contributed by atoms with Gasteiger partial charge in [-0.3, -0.25) is 30.4 Å². The van der Waals surface area contributed by atoms with E-state index in [-0.39, 0.29) is 11.8 Å². The average Bonchev–Trinajstić information content (AvgIpc) is 3.24. The molecule has 10 nitrogen and oxygen atoms in total. The largest absolute Gasteiger partial charge is 0.325 e. The normalized spacial score (nSPS) is 12.4. The molecule has 2 amide bonds. The molecule has 58 heavy (non-hydrogen) atoms. The number of unbranched alkanes of at least 4 members (excludes halogenated alkanes) is 28. The zero-order valence-corrected chi connectivity index (χ0v) is 36.7. The second kappa shape index (κ2) is 33.1. The van der Waals surface area contributed by atoms with Crippen molar-refractivity contribution in [1.82, 2.24) is 20.8 Å². The Hall–Kier alpha value is -3.82. The van der Waals surface area contributed by atoms with E-state index < -0.39 is 0 Å². The molecule has 1 aliphatic heterocycles. The van der Waals surface area contributed by atoms with E-state index in [0.29, 0.717) is 47.3 Å². The number of rotatable bonds is 36. The second-order valence-electron chi connectivity index (χ2n) is 16.5. The van der Waals surface area contributed by atoms with Gasteiger partial charge in [-0.15, -0.1) is 0 Å². The molecule has 0 bridgehead atoms. The van der Waals surface area contributed by atoms with Gasteiger partial charge in [-0.1, -0.05) is 194 Å². The Labute approximate surface area is 352 Å². The molecule has 0 fully saturated rings. The summed E-state index contributed by atoms with van der Waals surface area (Å²) in [6.45, 7) is 4.55. The fraction of sp³-hybridized carbons (Fsp3) is 0.708. The Bertz CT molecular complexity index is 1300. The highest BCUT2D eigenvalue weighted by atomic mass is 16.2. The SMILES string of the molecule is CCCCCCCCCCCCCCCCCC(=O)Nc1ccc(C2=NNC(c3ccc(NC(=O)CCCCCCCCCCCCCCCCC)cn3)=NN2)nc1. The second-order valence-corrected chi connectivity index (χ2v) is 16.5. The van der Waals surface area contributed by atoms with Crippen LogP contribution >= 0.6 is 0 Å². The topological polar surface area (TPSA) is 133 Å². The van der Waals surface area contributed by atoms with Gasteiger partial charge < -0.3 is 10.6 Å². The van der Waals surface area contributed by atoms with Crippen LogP contribution in [0, 0.1) is 0 Å². The molecule has 2 aromatic heterocycles. The molecule has 4 N–H and O–H groups in total. The monoisotopic (exact) mass is 801 g/mol. The van der Waals surface area contributed by atoms with E-state index in [9.17, 15) is 9.59 Å². The molecule has 0 saturated carbocycles.